The number of esters is 6. The first-order valence-electron chi connectivity index (χ1n) is 31.3. The van der Waals surface area contributed by atoms with Gasteiger partial charge in [0.05, 0.1) is 35.5 Å². The molecule has 2 aromatic carbocycles. The topological polar surface area (TPSA) is 174 Å². The lowest BCUT2D eigenvalue weighted by molar-refractivity contribution is -0.164. The van der Waals surface area contributed by atoms with Gasteiger partial charge in [-0.3, -0.25) is 28.8 Å². The van der Waals surface area contributed by atoms with Crippen LogP contribution in [0.1, 0.15) is 206 Å². The fraction of sp³-hybridized carbons (Fsp3) is 0.708. The SMILES string of the molecule is CCCCC1CCC(C(=O)OC2CCC(C(=O)O[C@H]3CC[C@H](C(=O)Oc4ccc(OC(=O)[C@H]5CC[C@H](OC(=O)C6CCC(OC(=O)[C@H]7CC[C@H](CCCC)CC7)CC6)CC5)c5nc(-c6ccc(N(C)C)cc6)sc45)CC3)CC2)CC1. The summed E-state index contributed by atoms with van der Waals surface area (Å²) in [6.45, 7) is 4.45. The van der Waals surface area contributed by atoms with Gasteiger partial charge >= 0.3 is 35.8 Å². The molecule has 6 saturated carbocycles. The number of rotatable bonds is 20. The monoisotopic (exact) mass is 1120 g/mol. The van der Waals surface area contributed by atoms with Crippen LogP contribution in [0, 0.1) is 47.3 Å². The van der Waals surface area contributed by atoms with Crippen molar-refractivity contribution in [3.05, 3.63) is 36.4 Å². The smallest absolute Gasteiger partial charge is 0.314 e. The van der Waals surface area contributed by atoms with E-state index in [1.807, 2.05) is 43.3 Å². The summed E-state index contributed by atoms with van der Waals surface area (Å²) in [6.07, 6.45) is 24.3. The molecule has 0 aliphatic heterocycles. The van der Waals surface area contributed by atoms with Gasteiger partial charge in [0.1, 0.15) is 39.6 Å². The molecule has 0 N–H and O–H groups in total. The number of fused-ring (bicyclic) bond motifs is 1. The summed E-state index contributed by atoms with van der Waals surface area (Å²) in [5, 5.41) is 0.685. The molecular weight excluding hydrogens is 1030 g/mol. The molecule has 0 radical (unpaired) electrons. The van der Waals surface area contributed by atoms with Gasteiger partial charge in [-0.25, -0.2) is 4.98 Å². The highest BCUT2D eigenvalue weighted by molar-refractivity contribution is 7.22. The van der Waals surface area contributed by atoms with E-state index in [0.717, 1.165) is 74.5 Å². The van der Waals surface area contributed by atoms with Crippen molar-refractivity contribution in [1.29, 1.82) is 0 Å². The second kappa shape index (κ2) is 28.8. The van der Waals surface area contributed by atoms with Crippen LogP contribution in [0.4, 0.5) is 5.69 Å². The minimum atomic E-state index is -0.388. The van der Waals surface area contributed by atoms with Crippen molar-refractivity contribution >= 4 is 63.1 Å². The Bertz CT molecular complexity index is 2380. The summed E-state index contributed by atoms with van der Waals surface area (Å²) in [4.78, 5) is 87.5. The van der Waals surface area contributed by atoms with Crippen molar-refractivity contribution < 1.29 is 57.2 Å². The Hall–Kier alpha value is -5.05. The van der Waals surface area contributed by atoms with Crippen molar-refractivity contribution in [2.24, 2.45) is 47.3 Å². The second-order valence-electron chi connectivity index (χ2n) is 24.9. The summed E-state index contributed by atoms with van der Waals surface area (Å²) in [6, 6.07) is 11.3. The number of anilines is 1. The fourth-order valence-corrected chi connectivity index (χ4v) is 14.6. The van der Waals surface area contributed by atoms with Crippen LogP contribution in [0.3, 0.4) is 0 Å². The largest absolute Gasteiger partial charge is 0.462 e. The van der Waals surface area contributed by atoms with Crippen molar-refractivity contribution in [2.45, 2.75) is 231 Å². The normalized spacial score (nSPS) is 29.1. The molecule has 0 atom stereocenters. The number of ether oxygens (including phenoxy) is 6. The van der Waals surface area contributed by atoms with Crippen LogP contribution >= 0.6 is 11.3 Å². The molecule has 6 aliphatic carbocycles. The first-order valence-corrected chi connectivity index (χ1v) is 32.1. The zero-order chi connectivity index (χ0) is 56.1. The standard InChI is InChI=1S/C65H90N2O12S/c1-5-7-9-41-11-15-44(16-12-41)60(68)74-51-31-21-46(22-32-51)62(70)76-53-35-25-48(26-36-53)64(72)78-55-39-40-56(58-57(55)66-59(80-58)43-19-29-50(30-20-43)67(3)4)79-65(73)49-27-37-54(38-28-49)77-63(71)47-23-33-52(34-24-47)75-61(69)45-17-13-42(14-18-45)10-8-6-2/h19-20,29-30,39-42,44-49,51-54H,5-18,21-28,31-38H2,1-4H3/t41-,42?,44-,45?,46?,47?,48-,49-,51?,52?,53-,54-. The van der Waals surface area contributed by atoms with Gasteiger partial charge < -0.3 is 33.3 Å². The number of unbranched alkanes of at least 4 members (excludes halogenated alkanes) is 2. The van der Waals surface area contributed by atoms with E-state index in [2.05, 4.69) is 13.8 Å². The van der Waals surface area contributed by atoms with Gasteiger partial charge in [-0.1, -0.05) is 52.4 Å². The highest BCUT2D eigenvalue weighted by Gasteiger charge is 2.38. The number of carbonyl (C=O) groups excluding carboxylic acids is 6. The maximum atomic E-state index is 13.9. The highest BCUT2D eigenvalue weighted by Crippen LogP contribution is 2.43. The van der Waals surface area contributed by atoms with Gasteiger partial charge in [-0.2, -0.15) is 0 Å². The van der Waals surface area contributed by atoms with E-state index in [4.69, 9.17) is 33.4 Å². The lowest BCUT2D eigenvalue weighted by Crippen LogP contribution is -2.34. The summed E-state index contributed by atoms with van der Waals surface area (Å²) in [5.74, 6) is -0.349. The van der Waals surface area contributed by atoms with E-state index >= 15 is 0 Å². The van der Waals surface area contributed by atoms with Crippen LogP contribution in [0.2, 0.25) is 0 Å². The predicted molar refractivity (Wildman–Crippen MR) is 308 cm³/mol. The lowest BCUT2D eigenvalue weighted by Gasteiger charge is -2.32. The van der Waals surface area contributed by atoms with Crippen LogP contribution in [0.5, 0.6) is 11.5 Å². The number of hydrogen-bond donors (Lipinski definition) is 0. The Balaban J connectivity index is 0.725. The molecule has 438 valence electrons. The third kappa shape index (κ3) is 15.9. The average Bonchev–Trinajstić information content (AvgIpc) is 4.00. The summed E-state index contributed by atoms with van der Waals surface area (Å²) in [5.41, 5.74) is 2.34. The minimum Gasteiger partial charge on any atom is -0.462 e. The highest BCUT2D eigenvalue weighted by atomic mass is 32.1. The van der Waals surface area contributed by atoms with E-state index < -0.39 is 0 Å². The quantitative estimate of drug-likeness (QED) is 0.0594. The zero-order valence-corrected chi connectivity index (χ0v) is 49.1. The Morgan fingerprint density at radius 3 is 1.11 bits per heavy atom. The second-order valence-corrected chi connectivity index (χ2v) is 25.9. The van der Waals surface area contributed by atoms with Crippen LogP contribution < -0.4 is 14.4 Å². The van der Waals surface area contributed by atoms with Gasteiger partial charge in [0.25, 0.3) is 0 Å². The van der Waals surface area contributed by atoms with E-state index in [1.165, 1.54) is 49.9 Å². The Kier molecular flexibility index (Phi) is 21.4. The number of carbonyl (C=O) groups is 6. The Morgan fingerprint density at radius 2 is 0.762 bits per heavy atom. The van der Waals surface area contributed by atoms with Crippen molar-refractivity contribution in [2.75, 3.05) is 19.0 Å². The molecule has 0 amide bonds. The van der Waals surface area contributed by atoms with Gasteiger partial charge in [-0.05, 0) is 202 Å². The van der Waals surface area contributed by atoms with Crippen LogP contribution in [0.15, 0.2) is 36.4 Å². The first-order chi connectivity index (χ1) is 38.8. The summed E-state index contributed by atoms with van der Waals surface area (Å²) >= 11 is 1.37. The molecule has 9 rings (SSSR count). The number of nitrogens with zero attached hydrogens (tertiary/aromatic N) is 2. The maximum absolute atomic E-state index is 13.9. The van der Waals surface area contributed by atoms with Crippen molar-refractivity contribution in [3.8, 4) is 22.1 Å². The Labute approximate surface area is 478 Å². The molecule has 1 aromatic heterocycles. The van der Waals surface area contributed by atoms with Crippen molar-refractivity contribution in [1.82, 2.24) is 4.98 Å². The predicted octanol–water partition coefficient (Wildman–Crippen LogP) is 14.2. The third-order valence-corrected chi connectivity index (χ3v) is 20.1. The lowest BCUT2D eigenvalue weighted by atomic mass is 9.80. The molecule has 0 spiro atoms. The first kappa shape index (κ1) is 59.6. The minimum absolute atomic E-state index is 0.00197. The molecule has 1 heterocycles. The van der Waals surface area contributed by atoms with E-state index in [9.17, 15) is 28.8 Å². The van der Waals surface area contributed by atoms with Gasteiger partial charge in [0.15, 0.2) is 11.5 Å². The summed E-state index contributed by atoms with van der Waals surface area (Å²) in [7, 11) is 3.96. The fourth-order valence-electron chi connectivity index (χ4n) is 13.6. The Morgan fingerprint density at radius 1 is 0.438 bits per heavy atom. The van der Waals surface area contributed by atoms with E-state index in [-0.39, 0.29) is 101 Å². The number of aromatic nitrogens is 1. The molecule has 14 nitrogen and oxygen atoms in total. The van der Waals surface area contributed by atoms with Crippen molar-refractivity contribution in [3.63, 3.8) is 0 Å². The summed E-state index contributed by atoms with van der Waals surface area (Å²) < 4.78 is 36.9. The van der Waals surface area contributed by atoms with E-state index in [1.54, 1.807) is 12.1 Å². The van der Waals surface area contributed by atoms with Crippen LogP contribution in [-0.4, -0.2) is 79.3 Å². The maximum Gasteiger partial charge on any atom is 0.314 e. The molecule has 3 aromatic rings. The number of hydrogen-bond acceptors (Lipinski definition) is 15. The van der Waals surface area contributed by atoms with Crippen LogP contribution in [0.25, 0.3) is 20.8 Å². The number of benzene rings is 2. The molecule has 6 fully saturated rings. The third-order valence-electron chi connectivity index (χ3n) is 19.0. The van der Waals surface area contributed by atoms with Gasteiger partial charge in [-0.15, -0.1) is 11.3 Å². The molecule has 0 bridgehead atoms. The van der Waals surface area contributed by atoms with Gasteiger partial charge in [0.2, 0.25) is 0 Å². The molecule has 15 heteroatoms. The average molecular weight is 1120 g/mol. The molecule has 6 aliphatic rings. The zero-order valence-electron chi connectivity index (χ0n) is 48.3. The van der Waals surface area contributed by atoms with Crippen LogP contribution in [-0.2, 0) is 47.7 Å². The van der Waals surface area contributed by atoms with E-state index in [0.29, 0.717) is 124 Å². The molecule has 0 saturated heterocycles. The molecule has 0 unspecified atom stereocenters. The number of thiazole rings is 1. The molecule has 80 heavy (non-hydrogen) atoms. The van der Waals surface area contributed by atoms with Gasteiger partial charge in [0, 0.05) is 25.3 Å². The molecular formula is C65H90N2O12S.